The molecule has 1 N–H and O–H groups in total. The molecule has 124 valence electrons. The highest BCUT2D eigenvalue weighted by molar-refractivity contribution is 5.97. The van der Waals surface area contributed by atoms with Crippen molar-refractivity contribution in [3.63, 3.8) is 0 Å². The van der Waals surface area contributed by atoms with Crippen LogP contribution >= 0.6 is 0 Å². The molecule has 0 aliphatic carbocycles. The van der Waals surface area contributed by atoms with E-state index in [0.717, 1.165) is 37.4 Å². The van der Waals surface area contributed by atoms with Crippen LogP contribution in [-0.4, -0.2) is 57.1 Å². The van der Waals surface area contributed by atoms with E-state index in [0.29, 0.717) is 0 Å². The van der Waals surface area contributed by atoms with Gasteiger partial charge >= 0.3 is 5.97 Å². The van der Waals surface area contributed by atoms with Crippen LogP contribution in [-0.2, 0) is 14.3 Å². The topological polar surface area (TPSA) is 61.9 Å². The lowest BCUT2D eigenvalue weighted by Gasteiger charge is -2.34. The molecule has 0 bridgehead atoms. The third-order valence-corrected chi connectivity index (χ3v) is 3.79. The van der Waals surface area contributed by atoms with E-state index in [1.54, 1.807) is 6.08 Å². The van der Waals surface area contributed by atoms with E-state index in [9.17, 15) is 9.59 Å². The van der Waals surface area contributed by atoms with Gasteiger partial charge in [-0.25, -0.2) is 4.79 Å². The predicted octanol–water partition coefficient (Wildman–Crippen LogP) is 1.09. The van der Waals surface area contributed by atoms with E-state index in [2.05, 4.69) is 26.9 Å². The molecule has 0 radical (unpaired) electrons. The molecule has 6 nitrogen and oxygen atoms in total. The van der Waals surface area contributed by atoms with Gasteiger partial charge in [-0.05, 0) is 30.8 Å². The van der Waals surface area contributed by atoms with Crippen LogP contribution < -0.4 is 10.2 Å². The van der Waals surface area contributed by atoms with Crippen molar-refractivity contribution in [1.29, 1.82) is 0 Å². The van der Waals surface area contributed by atoms with Crippen molar-refractivity contribution in [2.75, 3.05) is 45.2 Å². The number of hydrogen-bond donors (Lipinski definition) is 1. The third-order valence-electron chi connectivity index (χ3n) is 3.79. The Balaban J connectivity index is 2.12. The highest BCUT2D eigenvalue weighted by Gasteiger charge is 2.14. The van der Waals surface area contributed by atoms with Crippen LogP contribution in [0.4, 0.5) is 5.69 Å². The summed E-state index contributed by atoms with van der Waals surface area (Å²) in [7, 11) is 3.41. The summed E-state index contributed by atoms with van der Waals surface area (Å²) in [6.07, 6.45) is 1.61. The molecule has 0 atom stereocenters. The molecule has 0 unspecified atom stereocenters. The number of amides is 1. The summed E-state index contributed by atoms with van der Waals surface area (Å²) in [5.41, 5.74) is 2.12. The maximum Gasteiger partial charge on any atom is 0.354 e. The highest BCUT2D eigenvalue weighted by Crippen LogP contribution is 2.18. The number of piperazine rings is 1. The Hall–Kier alpha value is -2.34. The third kappa shape index (κ3) is 4.82. The average Bonchev–Trinajstić information content (AvgIpc) is 2.54. The summed E-state index contributed by atoms with van der Waals surface area (Å²) >= 11 is 0. The van der Waals surface area contributed by atoms with E-state index >= 15 is 0 Å². The van der Waals surface area contributed by atoms with Crippen molar-refractivity contribution in [3.05, 3.63) is 35.5 Å². The van der Waals surface area contributed by atoms with Gasteiger partial charge < -0.3 is 19.9 Å². The molecule has 2 rings (SSSR count). The number of rotatable bonds is 4. The summed E-state index contributed by atoms with van der Waals surface area (Å²) in [5, 5.41) is 2.49. The number of benzene rings is 1. The number of anilines is 1. The number of nitrogens with one attached hydrogen (secondary N) is 1. The summed E-state index contributed by atoms with van der Waals surface area (Å²) < 4.78 is 4.68. The molecule has 1 aromatic rings. The number of carbonyl (C=O) groups is 2. The highest BCUT2D eigenvalue weighted by atomic mass is 16.5. The van der Waals surface area contributed by atoms with Crippen molar-refractivity contribution >= 4 is 23.6 Å². The zero-order valence-electron chi connectivity index (χ0n) is 13.8. The Morgan fingerprint density at radius 1 is 1.13 bits per heavy atom. The maximum absolute atomic E-state index is 11.7. The van der Waals surface area contributed by atoms with Gasteiger partial charge in [-0.1, -0.05) is 12.1 Å². The van der Waals surface area contributed by atoms with Crippen LogP contribution in [0.15, 0.2) is 30.0 Å². The van der Waals surface area contributed by atoms with Crippen molar-refractivity contribution in [1.82, 2.24) is 10.2 Å². The van der Waals surface area contributed by atoms with E-state index in [1.807, 2.05) is 24.3 Å². The van der Waals surface area contributed by atoms with E-state index < -0.39 is 5.97 Å². The zero-order valence-corrected chi connectivity index (χ0v) is 13.8. The molecular weight excluding hydrogens is 294 g/mol. The molecule has 1 aliphatic heterocycles. The van der Waals surface area contributed by atoms with Crippen LogP contribution in [0.1, 0.15) is 12.5 Å². The fourth-order valence-corrected chi connectivity index (χ4v) is 2.46. The van der Waals surface area contributed by atoms with Crippen molar-refractivity contribution in [2.24, 2.45) is 0 Å². The first-order chi connectivity index (χ1) is 11.0. The molecule has 23 heavy (non-hydrogen) atoms. The second-order valence-electron chi connectivity index (χ2n) is 5.61. The van der Waals surface area contributed by atoms with E-state index in [4.69, 9.17) is 0 Å². The Morgan fingerprint density at radius 3 is 2.26 bits per heavy atom. The SMILES string of the molecule is COC(=O)/C(=C\c1ccc(N2CCN(C)CC2)cc1)NC(C)=O. The number of ether oxygens (including phenoxy) is 1. The van der Waals surface area contributed by atoms with E-state index in [1.165, 1.54) is 14.0 Å². The molecule has 0 saturated carbocycles. The normalized spacial score (nSPS) is 16.1. The smallest absolute Gasteiger partial charge is 0.354 e. The minimum absolute atomic E-state index is 0.132. The second-order valence-corrected chi connectivity index (χ2v) is 5.61. The monoisotopic (exact) mass is 317 g/mol. The van der Waals surface area contributed by atoms with Crippen molar-refractivity contribution < 1.29 is 14.3 Å². The van der Waals surface area contributed by atoms with Crippen molar-refractivity contribution in [2.45, 2.75) is 6.92 Å². The van der Waals surface area contributed by atoms with Crippen LogP contribution in [0.5, 0.6) is 0 Å². The van der Waals surface area contributed by atoms with Crippen LogP contribution in [0.3, 0.4) is 0 Å². The molecule has 6 heteroatoms. The molecule has 0 aromatic heterocycles. The second kappa shape index (κ2) is 7.78. The van der Waals surface area contributed by atoms with Gasteiger partial charge in [-0.15, -0.1) is 0 Å². The van der Waals surface area contributed by atoms with Gasteiger partial charge in [0.1, 0.15) is 5.70 Å². The quantitative estimate of drug-likeness (QED) is 0.665. The molecule has 1 fully saturated rings. The molecule has 0 spiro atoms. The number of likely N-dealkylation sites (N-methyl/N-ethyl adjacent to an activating group) is 1. The van der Waals surface area contributed by atoms with Gasteiger partial charge in [0.25, 0.3) is 0 Å². The van der Waals surface area contributed by atoms with Gasteiger partial charge in [-0.3, -0.25) is 4.79 Å². The first-order valence-corrected chi connectivity index (χ1v) is 7.61. The summed E-state index contributed by atoms with van der Waals surface area (Å²) in [6, 6.07) is 7.91. The first kappa shape index (κ1) is 17.0. The minimum atomic E-state index is -0.566. The number of nitrogens with zero attached hydrogens (tertiary/aromatic N) is 2. The molecular formula is C17H23N3O3. The fraction of sp³-hybridized carbons (Fsp3) is 0.412. The minimum Gasteiger partial charge on any atom is -0.464 e. The molecule has 1 aromatic carbocycles. The zero-order chi connectivity index (χ0) is 16.8. The molecule has 1 saturated heterocycles. The molecule has 1 amide bonds. The summed E-state index contributed by atoms with van der Waals surface area (Å²) in [5.74, 6) is -0.876. The lowest BCUT2D eigenvalue weighted by atomic mass is 10.1. The molecule has 1 aliphatic rings. The van der Waals surface area contributed by atoms with Crippen LogP contribution in [0, 0.1) is 0 Å². The summed E-state index contributed by atoms with van der Waals surface area (Å²) in [6.45, 7) is 5.47. The fourth-order valence-electron chi connectivity index (χ4n) is 2.46. The van der Waals surface area contributed by atoms with Gasteiger partial charge in [0.15, 0.2) is 0 Å². The van der Waals surface area contributed by atoms with Gasteiger partial charge in [-0.2, -0.15) is 0 Å². The maximum atomic E-state index is 11.7. The van der Waals surface area contributed by atoms with Crippen molar-refractivity contribution in [3.8, 4) is 0 Å². The van der Waals surface area contributed by atoms with Gasteiger partial charge in [0.05, 0.1) is 7.11 Å². The Labute approximate surface area is 136 Å². The van der Waals surface area contributed by atoms with E-state index in [-0.39, 0.29) is 11.6 Å². The average molecular weight is 317 g/mol. The Kier molecular flexibility index (Phi) is 5.76. The lowest BCUT2D eigenvalue weighted by molar-refractivity contribution is -0.137. The number of esters is 1. The number of hydrogen-bond acceptors (Lipinski definition) is 5. The Bertz CT molecular complexity index is 588. The van der Waals surface area contributed by atoms with Crippen LogP contribution in [0.2, 0.25) is 0 Å². The van der Waals surface area contributed by atoms with Gasteiger partial charge in [0.2, 0.25) is 5.91 Å². The summed E-state index contributed by atoms with van der Waals surface area (Å²) in [4.78, 5) is 27.5. The predicted molar refractivity (Wildman–Crippen MR) is 90.0 cm³/mol. The lowest BCUT2D eigenvalue weighted by Crippen LogP contribution is -2.44. The first-order valence-electron chi connectivity index (χ1n) is 7.61. The number of methoxy groups -OCH3 is 1. The van der Waals surface area contributed by atoms with Gasteiger partial charge in [0, 0.05) is 38.8 Å². The van der Waals surface area contributed by atoms with Crippen LogP contribution in [0.25, 0.3) is 6.08 Å². The largest absolute Gasteiger partial charge is 0.464 e. The number of carbonyl (C=O) groups excluding carboxylic acids is 2. The standard InChI is InChI=1S/C17H23N3O3/c1-13(21)18-16(17(22)23-3)12-14-4-6-15(7-5-14)20-10-8-19(2)9-11-20/h4-7,12H,8-11H2,1-3H3,(H,18,21)/b16-12+. The molecule has 1 heterocycles. The Morgan fingerprint density at radius 2 is 1.74 bits per heavy atom.